The van der Waals surface area contributed by atoms with Crippen LogP contribution in [0.5, 0.6) is 0 Å². The van der Waals surface area contributed by atoms with Crippen LogP contribution < -0.4 is 0 Å². The highest BCUT2D eigenvalue weighted by molar-refractivity contribution is 7.27. The van der Waals surface area contributed by atoms with Crippen LogP contribution in [0.4, 0.5) is 0 Å². The van der Waals surface area contributed by atoms with E-state index in [1.165, 1.54) is 45.3 Å². The average molecular weight is 767 g/mol. The Morgan fingerprint density at radius 3 is 1.41 bits per heavy atom. The number of ketones is 2. The molecule has 10 heteroatoms. The van der Waals surface area contributed by atoms with E-state index in [2.05, 4.69) is 9.69 Å². The first kappa shape index (κ1) is 28.8. The molecule has 6 nitrogen and oxygen atoms in total. The lowest BCUT2D eigenvalue weighted by Crippen LogP contribution is -1.95. The Labute approximate surface area is 330 Å². The molecular weight excluding hydrogens is 745 g/mol. The summed E-state index contributed by atoms with van der Waals surface area (Å²) in [5.41, 5.74) is 1.45. The third-order valence-corrected chi connectivity index (χ3v) is 13.4. The van der Waals surface area contributed by atoms with Crippen LogP contribution in [-0.2, 0) is 0 Å². The fourth-order valence-electron chi connectivity index (χ4n) is 6.53. The van der Waals surface area contributed by atoms with E-state index < -0.39 is 11.6 Å². The highest BCUT2D eigenvalue weighted by Gasteiger charge is 2.33. The van der Waals surface area contributed by atoms with Crippen molar-refractivity contribution in [3.05, 3.63) is 174 Å². The Morgan fingerprint density at radius 1 is 0.611 bits per heavy atom. The second-order valence-corrected chi connectivity index (χ2v) is 16.2. The molecule has 0 amide bonds. The molecule has 0 aliphatic heterocycles. The maximum atomic E-state index is 13.5. The van der Waals surface area contributed by atoms with Gasteiger partial charge in [0.15, 0.2) is 11.6 Å². The predicted molar refractivity (Wildman–Crippen MR) is 220 cm³/mol. The fraction of sp³-hybridized carbons (Fsp3) is 0. The highest BCUT2D eigenvalue weighted by atomic mass is 32.1. The smallest absolute Gasteiger partial charge is 0.270 e. The van der Waals surface area contributed by atoms with Gasteiger partial charge in [-0.1, -0.05) is 48.5 Å². The predicted octanol–water partition coefficient (Wildman–Crippen LogP) is 12.4. The minimum absolute atomic E-state index is 0.0114. The van der Waals surface area contributed by atoms with Crippen LogP contribution in [0.15, 0.2) is 120 Å². The van der Waals surface area contributed by atoms with Gasteiger partial charge in [-0.3, -0.25) is 9.59 Å². The Kier molecular flexibility index (Phi) is 6.94. The molecule has 0 atom stereocenters. The Bertz CT molecular complexity index is 3070. The Hall–Kier alpha value is -6.76. The maximum absolute atomic E-state index is 13.5. The normalized spacial score (nSPS) is 18.1. The van der Waals surface area contributed by atoms with Crippen molar-refractivity contribution in [3.63, 3.8) is 0 Å². The number of thiophene rings is 4. The maximum Gasteiger partial charge on any atom is 0.270 e. The molecule has 4 aromatic heterocycles. The summed E-state index contributed by atoms with van der Waals surface area (Å²) in [6.07, 6.45) is 0. The van der Waals surface area contributed by atoms with Gasteiger partial charge in [-0.2, -0.15) is 0 Å². The molecular formula is C44H18N4O2S4. The third kappa shape index (κ3) is 5.30. The summed E-state index contributed by atoms with van der Waals surface area (Å²) in [6.45, 7) is 15.1. The molecule has 0 radical (unpaired) electrons. The number of hydrogen-bond acceptors (Lipinski definition) is 8. The molecule has 0 N–H and O–H groups in total. The number of benzene rings is 3. The molecule has 250 valence electrons. The summed E-state index contributed by atoms with van der Waals surface area (Å²) in [6, 6.07) is 28.4. The van der Waals surface area contributed by atoms with Crippen molar-refractivity contribution in [2.45, 2.75) is 0 Å². The zero-order chi connectivity index (χ0) is 40.6. The van der Waals surface area contributed by atoms with Gasteiger partial charge in [0.1, 0.15) is 0 Å². The van der Waals surface area contributed by atoms with Crippen LogP contribution in [0.25, 0.3) is 72.6 Å². The SMILES string of the molecule is [2H]/C(=C1/C(=O)c2ccccc2/C1=C(\C#N)[N+]#[C-])c1ccc(-c2cc3c([2H])c4sc(-c5ccc(/C([2H])=C6/C(=O)c7ccccc7/C6=C(/C#N)[N+]#[C-])s5)cc4c([2H])c3s2)s1. The van der Waals surface area contributed by atoms with Crippen LogP contribution in [0.1, 0.15) is 47.1 Å². The third-order valence-electron chi connectivity index (χ3n) is 8.90. The number of Topliss-reactive ketones (excluding diaryl/α,β-unsaturated/α-hetero) is 2. The first-order valence-corrected chi connectivity index (χ1v) is 19.3. The second-order valence-electron chi connectivity index (χ2n) is 11.9. The number of carbonyl (C=O) groups is 2. The lowest BCUT2D eigenvalue weighted by molar-refractivity contribution is 0.103. The van der Waals surface area contributed by atoms with E-state index in [1.54, 1.807) is 60.7 Å². The van der Waals surface area contributed by atoms with Crippen molar-refractivity contribution in [2.75, 3.05) is 0 Å². The van der Waals surface area contributed by atoms with Crippen molar-refractivity contribution in [1.29, 1.82) is 10.5 Å². The number of rotatable bonds is 4. The van der Waals surface area contributed by atoms with Crippen molar-refractivity contribution < 1.29 is 15.1 Å². The van der Waals surface area contributed by atoms with E-state index in [0.29, 0.717) is 52.2 Å². The molecule has 0 spiro atoms. The van der Waals surface area contributed by atoms with Gasteiger partial charge >= 0.3 is 0 Å². The minimum atomic E-state index is -0.413. The van der Waals surface area contributed by atoms with Gasteiger partial charge < -0.3 is 0 Å². The van der Waals surface area contributed by atoms with E-state index >= 15 is 0 Å². The largest absolute Gasteiger partial charge is 0.289 e. The van der Waals surface area contributed by atoms with E-state index in [9.17, 15) is 22.9 Å². The van der Waals surface area contributed by atoms with Gasteiger partial charge in [-0.25, -0.2) is 20.2 Å². The van der Waals surface area contributed by atoms with Crippen LogP contribution in [0, 0.1) is 35.8 Å². The van der Waals surface area contributed by atoms with Gasteiger partial charge in [0.2, 0.25) is 0 Å². The number of allylic oxidation sites excluding steroid dienone is 6. The van der Waals surface area contributed by atoms with Crippen molar-refractivity contribution in [1.82, 2.24) is 0 Å². The van der Waals surface area contributed by atoms with Gasteiger partial charge in [-0.05, 0) is 82.5 Å². The van der Waals surface area contributed by atoms with E-state index in [-0.39, 0.29) is 57.9 Å². The first-order valence-electron chi connectivity index (χ1n) is 18.0. The molecule has 0 fully saturated rings. The zero-order valence-corrected chi connectivity index (χ0v) is 30.6. The number of fused-ring (bicyclic) bond motifs is 4. The number of carbonyl (C=O) groups excluding carboxylic acids is 2. The van der Waals surface area contributed by atoms with Crippen molar-refractivity contribution >= 4 is 100 Å². The molecule has 9 rings (SSSR count). The topological polar surface area (TPSA) is 90.4 Å². The van der Waals surface area contributed by atoms with Gasteiger partial charge in [-0.15, -0.1) is 45.3 Å². The average Bonchev–Trinajstić information content (AvgIpc) is 4.10. The number of nitrogens with zero attached hydrogens (tertiary/aromatic N) is 4. The van der Waals surface area contributed by atoms with E-state index in [4.69, 9.17) is 15.9 Å². The summed E-state index contributed by atoms with van der Waals surface area (Å²) in [5, 5.41) is 20.6. The van der Waals surface area contributed by atoms with Crippen LogP contribution in [0.2, 0.25) is 0 Å². The van der Waals surface area contributed by atoms with Crippen molar-refractivity contribution in [3.8, 4) is 31.6 Å². The molecule has 0 bridgehead atoms. The summed E-state index contributed by atoms with van der Waals surface area (Å²) >= 11 is 5.27. The number of nitriles is 2. The van der Waals surface area contributed by atoms with Crippen molar-refractivity contribution in [2.24, 2.45) is 0 Å². The monoisotopic (exact) mass is 766 g/mol. The number of hydrogen-bond donors (Lipinski definition) is 0. The van der Waals surface area contributed by atoms with Gasteiger partial charge in [0, 0.05) is 72.1 Å². The molecule has 0 unspecified atom stereocenters. The van der Waals surface area contributed by atoms with Gasteiger partial charge in [0.05, 0.1) is 30.8 Å². The molecule has 2 aliphatic carbocycles. The quantitative estimate of drug-likeness (QED) is 0.101. The van der Waals surface area contributed by atoms with Crippen LogP contribution in [-0.4, -0.2) is 11.6 Å². The highest BCUT2D eigenvalue weighted by Crippen LogP contribution is 2.46. The Balaban J connectivity index is 1.08. The molecule has 54 heavy (non-hydrogen) atoms. The molecule has 2 aliphatic rings. The van der Waals surface area contributed by atoms with Crippen LogP contribution >= 0.6 is 45.3 Å². The molecule has 4 heterocycles. The summed E-state index contributed by atoms with van der Waals surface area (Å²) in [7, 11) is 0. The zero-order valence-electron chi connectivity index (χ0n) is 31.3. The lowest BCUT2D eigenvalue weighted by Gasteiger charge is -2.01. The summed E-state index contributed by atoms with van der Waals surface area (Å²) in [5.74, 6) is -0.826. The first-order chi connectivity index (χ1) is 28.1. The standard InChI is InChI=1S/C44H18N4O2S4/c1-47-33(21-45)41-27-7-3-5-9-29(27)43(49)31(41)19-25-11-13-35(51-25)39-17-23-15-38-24(16-37(23)53-39)18-40(54-38)36-14-12-26(52-36)20-32-42(34(22-46)48-2)28-8-4-6-10-30(28)44(32)50/h3-20H/b31-19-,32-20+,41-33-,42-34+/i15D,16D,19D,20D. The fourth-order valence-corrected chi connectivity index (χ4v) is 10.6. The lowest BCUT2D eigenvalue weighted by atomic mass is 10.0. The molecule has 0 saturated heterocycles. The van der Waals surface area contributed by atoms with Gasteiger partial charge in [0.25, 0.3) is 11.4 Å². The Morgan fingerprint density at radius 2 is 1.02 bits per heavy atom. The van der Waals surface area contributed by atoms with E-state index in [1.807, 2.05) is 36.4 Å². The van der Waals surface area contributed by atoms with E-state index in [0.717, 1.165) is 19.5 Å². The second kappa shape index (κ2) is 13.0. The molecule has 3 aromatic carbocycles. The minimum Gasteiger partial charge on any atom is -0.289 e. The molecule has 7 aromatic rings. The van der Waals surface area contributed by atoms with Crippen LogP contribution in [0.3, 0.4) is 0 Å². The summed E-state index contributed by atoms with van der Waals surface area (Å²) < 4.78 is 37.8. The molecule has 0 saturated carbocycles. The summed E-state index contributed by atoms with van der Waals surface area (Å²) in [4.78, 5) is 37.8.